The van der Waals surface area contributed by atoms with Gasteiger partial charge >= 0.3 is 0 Å². The Balaban J connectivity index is 2.55. The van der Waals surface area contributed by atoms with Crippen LogP contribution in [0.1, 0.15) is 38.8 Å². The molecule has 0 bridgehead atoms. The fourth-order valence-corrected chi connectivity index (χ4v) is 2.41. The van der Waals surface area contributed by atoms with Crippen LogP contribution < -0.4 is 10.1 Å². The predicted octanol–water partition coefficient (Wildman–Crippen LogP) is 2.56. The highest BCUT2D eigenvalue weighted by Crippen LogP contribution is 2.19. The van der Waals surface area contributed by atoms with E-state index in [-0.39, 0.29) is 24.2 Å². The minimum absolute atomic E-state index is 0.0668. The number of benzene rings is 1. The van der Waals surface area contributed by atoms with E-state index in [1.165, 1.54) is 0 Å². The lowest BCUT2D eigenvalue weighted by molar-refractivity contribution is 0.340. The molecule has 1 atom stereocenters. The van der Waals surface area contributed by atoms with E-state index in [1.54, 1.807) is 6.92 Å². The van der Waals surface area contributed by atoms with Crippen LogP contribution in [-0.2, 0) is 9.84 Å². The molecule has 0 aromatic heterocycles. The second kappa shape index (κ2) is 8.27. The van der Waals surface area contributed by atoms with Gasteiger partial charge in [-0.2, -0.15) is 0 Å². The summed E-state index contributed by atoms with van der Waals surface area (Å²) >= 11 is 0. The van der Waals surface area contributed by atoms with E-state index in [0.29, 0.717) is 0 Å². The maximum atomic E-state index is 11.4. The van der Waals surface area contributed by atoms with Crippen molar-refractivity contribution in [2.24, 2.45) is 0 Å². The smallest absolute Gasteiger partial charge is 0.153 e. The average molecular weight is 299 g/mol. The molecule has 0 aliphatic carbocycles. The van der Waals surface area contributed by atoms with Gasteiger partial charge in [0.1, 0.15) is 12.4 Å². The quantitative estimate of drug-likeness (QED) is 0.761. The highest BCUT2D eigenvalue weighted by atomic mass is 32.2. The monoisotopic (exact) mass is 299 g/mol. The van der Waals surface area contributed by atoms with E-state index in [0.717, 1.165) is 24.3 Å². The first-order valence-corrected chi connectivity index (χ1v) is 8.97. The Morgan fingerprint density at radius 1 is 1.30 bits per heavy atom. The van der Waals surface area contributed by atoms with Gasteiger partial charge in [-0.3, -0.25) is 0 Å². The van der Waals surface area contributed by atoms with Crippen LogP contribution in [0, 0.1) is 0 Å². The third-order valence-electron chi connectivity index (χ3n) is 3.16. The minimum atomic E-state index is -2.97. The zero-order chi connectivity index (χ0) is 15.0. The minimum Gasteiger partial charge on any atom is -0.493 e. The molecule has 0 aliphatic heterocycles. The van der Waals surface area contributed by atoms with Gasteiger partial charge in [-0.15, -0.1) is 0 Å². The van der Waals surface area contributed by atoms with Crippen molar-refractivity contribution in [2.75, 3.05) is 24.7 Å². The number of hydrogen-bond donors (Lipinski definition) is 1. The maximum absolute atomic E-state index is 11.4. The third-order valence-corrected chi connectivity index (χ3v) is 4.83. The summed E-state index contributed by atoms with van der Waals surface area (Å²) in [6.07, 6.45) is 1.09. The van der Waals surface area contributed by atoms with Crippen molar-refractivity contribution in [1.29, 1.82) is 0 Å². The summed E-state index contributed by atoms with van der Waals surface area (Å²) in [6.45, 7) is 7.07. The summed E-state index contributed by atoms with van der Waals surface area (Å²) in [5, 5.41) is 3.41. The summed E-state index contributed by atoms with van der Waals surface area (Å²) in [5.41, 5.74) is 1.15. The standard InChI is InChI=1S/C15H25NO3S/c1-4-9-16-13(3)14-7-6-8-15(12-14)19-10-11-20(17,18)5-2/h6-8,12-13,16H,4-5,9-11H2,1-3H3. The third kappa shape index (κ3) is 5.92. The molecule has 1 N–H and O–H groups in total. The Morgan fingerprint density at radius 3 is 2.70 bits per heavy atom. The van der Waals surface area contributed by atoms with Gasteiger partial charge in [0.15, 0.2) is 9.84 Å². The molecule has 5 heteroatoms. The molecule has 1 unspecified atom stereocenters. The molecule has 0 amide bonds. The van der Waals surface area contributed by atoms with E-state index in [9.17, 15) is 8.42 Å². The van der Waals surface area contributed by atoms with Crippen molar-refractivity contribution in [3.8, 4) is 5.75 Å². The van der Waals surface area contributed by atoms with Crippen LogP contribution in [0.4, 0.5) is 0 Å². The Morgan fingerprint density at radius 2 is 2.05 bits per heavy atom. The average Bonchev–Trinajstić information content (AvgIpc) is 2.45. The van der Waals surface area contributed by atoms with Gasteiger partial charge in [-0.05, 0) is 37.6 Å². The molecular weight excluding hydrogens is 274 g/mol. The predicted molar refractivity (Wildman–Crippen MR) is 83.0 cm³/mol. The summed E-state index contributed by atoms with van der Waals surface area (Å²) in [4.78, 5) is 0. The van der Waals surface area contributed by atoms with Gasteiger partial charge in [-0.1, -0.05) is 26.0 Å². The molecule has 0 heterocycles. The van der Waals surface area contributed by atoms with E-state index in [4.69, 9.17) is 4.74 Å². The molecule has 0 aliphatic rings. The molecule has 1 aromatic rings. The van der Waals surface area contributed by atoms with E-state index in [1.807, 2.05) is 24.3 Å². The Bertz CT molecular complexity index is 500. The van der Waals surface area contributed by atoms with Crippen LogP contribution >= 0.6 is 0 Å². The van der Waals surface area contributed by atoms with Crippen LogP contribution in [0.5, 0.6) is 5.75 Å². The molecule has 1 rings (SSSR count). The van der Waals surface area contributed by atoms with Gasteiger partial charge in [0.2, 0.25) is 0 Å². The molecule has 114 valence electrons. The van der Waals surface area contributed by atoms with Crippen molar-refractivity contribution in [1.82, 2.24) is 5.32 Å². The van der Waals surface area contributed by atoms with Crippen LogP contribution in [0.3, 0.4) is 0 Å². The number of rotatable bonds is 9. The summed E-state index contributed by atoms with van der Waals surface area (Å²) in [7, 11) is -2.97. The molecule has 20 heavy (non-hydrogen) atoms. The van der Waals surface area contributed by atoms with Crippen molar-refractivity contribution in [3.63, 3.8) is 0 Å². The molecule has 0 saturated heterocycles. The molecular formula is C15H25NO3S. The second-order valence-electron chi connectivity index (χ2n) is 4.83. The molecule has 0 fully saturated rings. The SMILES string of the molecule is CCCNC(C)c1cccc(OCCS(=O)(=O)CC)c1. The van der Waals surface area contributed by atoms with Gasteiger partial charge in [0.25, 0.3) is 0 Å². The summed E-state index contributed by atoms with van der Waals surface area (Å²) in [5.74, 6) is 0.949. The number of ether oxygens (including phenoxy) is 1. The fraction of sp³-hybridized carbons (Fsp3) is 0.600. The second-order valence-corrected chi connectivity index (χ2v) is 7.31. The van der Waals surface area contributed by atoms with Crippen molar-refractivity contribution in [2.45, 2.75) is 33.2 Å². The van der Waals surface area contributed by atoms with E-state index >= 15 is 0 Å². The van der Waals surface area contributed by atoms with Crippen molar-refractivity contribution >= 4 is 9.84 Å². The number of sulfone groups is 1. The lowest BCUT2D eigenvalue weighted by atomic mass is 10.1. The van der Waals surface area contributed by atoms with Gasteiger partial charge in [0.05, 0.1) is 5.75 Å². The highest BCUT2D eigenvalue weighted by molar-refractivity contribution is 7.91. The molecule has 1 aromatic carbocycles. The lowest BCUT2D eigenvalue weighted by Gasteiger charge is -2.15. The van der Waals surface area contributed by atoms with Crippen LogP contribution in [0.15, 0.2) is 24.3 Å². The molecule has 0 radical (unpaired) electrons. The van der Waals surface area contributed by atoms with Crippen molar-refractivity contribution < 1.29 is 13.2 Å². The first-order valence-electron chi connectivity index (χ1n) is 7.15. The van der Waals surface area contributed by atoms with Crippen LogP contribution in [-0.4, -0.2) is 33.1 Å². The van der Waals surface area contributed by atoms with Crippen LogP contribution in [0.25, 0.3) is 0 Å². The molecule has 4 nitrogen and oxygen atoms in total. The van der Waals surface area contributed by atoms with Gasteiger partial charge < -0.3 is 10.1 Å². The van der Waals surface area contributed by atoms with Crippen LogP contribution in [0.2, 0.25) is 0 Å². The zero-order valence-electron chi connectivity index (χ0n) is 12.6. The molecule has 0 spiro atoms. The fourth-order valence-electron chi connectivity index (χ4n) is 1.78. The van der Waals surface area contributed by atoms with Gasteiger partial charge in [-0.25, -0.2) is 8.42 Å². The largest absolute Gasteiger partial charge is 0.493 e. The topological polar surface area (TPSA) is 55.4 Å². The maximum Gasteiger partial charge on any atom is 0.153 e. The first-order chi connectivity index (χ1) is 9.48. The van der Waals surface area contributed by atoms with E-state index < -0.39 is 9.84 Å². The summed E-state index contributed by atoms with van der Waals surface area (Å²) < 4.78 is 28.3. The molecule has 0 saturated carbocycles. The lowest BCUT2D eigenvalue weighted by Crippen LogP contribution is -2.19. The number of nitrogens with one attached hydrogen (secondary N) is 1. The Hall–Kier alpha value is -1.07. The Kier molecular flexibility index (Phi) is 7.02. The van der Waals surface area contributed by atoms with E-state index in [2.05, 4.69) is 19.2 Å². The normalized spacial score (nSPS) is 13.2. The summed E-state index contributed by atoms with van der Waals surface area (Å²) in [6, 6.07) is 8.06. The zero-order valence-corrected chi connectivity index (χ0v) is 13.4. The Labute approximate surface area is 122 Å². The highest BCUT2D eigenvalue weighted by Gasteiger charge is 2.08. The number of hydrogen-bond acceptors (Lipinski definition) is 4. The first kappa shape index (κ1) is 17.0. The van der Waals surface area contributed by atoms with Crippen molar-refractivity contribution in [3.05, 3.63) is 29.8 Å². The van der Waals surface area contributed by atoms with Gasteiger partial charge in [0, 0.05) is 11.8 Å².